The standard InChI is InChI=1S/C22H35ClN4O4S/c1-3-18(4-2)21(25-13-15-31-16-14-25)17-24-22(28)26-9-11-27(12-10-26)32(29,30)20-7-5-19(23)6-8-20/h5-8,18,21H,3-4,9-17H2,1-2H3,(H,24,28)/t21-/m0/s1. The van der Waals surface area contributed by atoms with Gasteiger partial charge in [-0.15, -0.1) is 0 Å². The van der Waals surface area contributed by atoms with Gasteiger partial charge in [0.2, 0.25) is 10.0 Å². The molecule has 2 heterocycles. The number of halogens is 1. The van der Waals surface area contributed by atoms with Gasteiger partial charge in [-0.2, -0.15) is 4.31 Å². The molecular weight excluding hydrogens is 452 g/mol. The van der Waals surface area contributed by atoms with Gasteiger partial charge >= 0.3 is 6.03 Å². The van der Waals surface area contributed by atoms with Gasteiger partial charge < -0.3 is 15.0 Å². The molecule has 2 aliphatic heterocycles. The Bertz CT molecular complexity index is 834. The van der Waals surface area contributed by atoms with Crippen molar-refractivity contribution < 1.29 is 17.9 Å². The minimum atomic E-state index is -3.59. The molecule has 1 atom stereocenters. The van der Waals surface area contributed by atoms with Crippen LogP contribution < -0.4 is 5.32 Å². The van der Waals surface area contributed by atoms with E-state index in [1.54, 1.807) is 17.0 Å². The number of ether oxygens (including phenoxy) is 1. The molecule has 1 aromatic rings. The fourth-order valence-electron chi connectivity index (χ4n) is 4.53. The lowest BCUT2D eigenvalue weighted by atomic mass is 9.92. The molecule has 2 aliphatic rings. The number of rotatable bonds is 8. The van der Waals surface area contributed by atoms with Crippen molar-refractivity contribution in [3.63, 3.8) is 0 Å². The van der Waals surface area contributed by atoms with Crippen LogP contribution in [0.5, 0.6) is 0 Å². The van der Waals surface area contributed by atoms with E-state index >= 15 is 0 Å². The van der Waals surface area contributed by atoms with Crippen LogP contribution in [-0.2, 0) is 14.8 Å². The number of benzene rings is 1. The quantitative estimate of drug-likeness (QED) is 0.610. The maximum Gasteiger partial charge on any atom is 0.317 e. The summed E-state index contributed by atoms with van der Waals surface area (Å²) >= 11 is 5.87. The van der Waals surface area contributed by atoms with Crippen molar-refractivity contribution in [3.8, 4) is 0 Å². The zero-order chi connectivity index (χ0) is 23.1. The van der Waals surface area contributed by atoms with E-state index in [0.29, 0.717) is 30.6 Å². The summed E-state index contributed by atoms with van der Waals surface area (Å²) in [5.41, 5.74) is 0. The predicted octanol–water partition coefficient (Wildman–Crippen LogP) is 2.49. The van der Waals surface area contributed by atoms with E-state index in [0.717, 1.165) is 39.1 Å². The fourth-order valence-corrected chi connectivity index (χ4v) is 6.07. The summed E-state index contributed by atoms with van der Waals surface area (Å²) in [5.74, 6) is 0.509. The number of hydrogen-bond donors (Lipinski definition) is 1. The first kappa shape index (κ1) is 25.2. The zero-order valence-electron chi connectivity index (χ0n) is 19.0. The topological polar surface area (TPSA) is 82.2 Å². The molecule has 0 unspecified atom stereocenters. The van der Waals surface area contributed by atoms with Gasteiger partial charge in [-0.1, -0.05) is 38.3 Å². The van der Waals surface area contributed by atoms with Gasteiger partial charge in [0.1, 0.15) is 0 Å². The summed E-state index contributed by atoms with van der Waals surface area (Å²) in [5, 5.41) is 3.61. The van der Waals surface area contributed by atoms with Crippen molar-refractivity contribution in [2.75, 3.05) is 59.0 Å². The highest BCUT2D eigenvalue weighted by Gasteiger charge is 2.31. The Hall–Kier alpha value is -1.39. The zero-order valence-corrected chi connectivity index (χ0v) is 20.6. The Morgan fingerprint density at radius 3 is 2.19 bits per heavy atom. The van der Waals surface area contributed by atoms with Gasteiger partial charge in [0, 0.05) is 56.9 Å². The predicted molar refractivity (Wildman–Crippen MR) is 125 cm³/mol. The number of nitrogens with zero attached hydrogens (tertiary/aromatic N) is 3. The molecule has 1 N–H and O–H groups in total. The Balaban J connectivity index is 1.54. The van der Waals surface area contributed by atoms with Crippen molar-refractivity contribution in [1.29, 1.82) is 0 Å². The molecular formula is C22H35ClN4O4S. The molecule has 0 aliphatic carbocycles. The Morgan fingerprint density at radius 1 is 1.03 bits per heavy atom. The number of sulfonamides is 1. The molecule has 1 aromatic carbocycles. The molecule has 2 saturated heterocycles. The number of carbonyl (C=O) groups is 1. The molecule has 3 rings (SSSR count). The first-order valence-corrected chi connectivity index (χ1v) is 13.3. The number of piperazine rings is 1. The van der Waals surface area contributed by atoms with Crippen molar-refractivity contribution in [1.82, 2.24) is 19.4 Å². The van der Waals surface area contributed by atoms with Crippen LogP contribution in [0.15, 0.2) is 29.2 Å². The third-order valence-electron chi connectivity index (χ3n) is 6.55. The van der Waals surface area contributed by atoms with Gasteiger partial charge in [0.25, 0.3) is 0 Å². The van der Waals surface area contributed by atoms with Crippen LogP contribution in [0.3, 0.4) is 0 Å². The molecule has 0 spiro atoms. The summed E-state index contributed by atoms with van der Waals surface area (Å²) < 4.78 is 32.6. The summed E-state index contributed by atoms with van der Waals surface area (Å²) in [6, 6.07) is 6.33. The second kappa shape index (κ2) is 11.7. The van der Waals surface area contributed by atoms with E-state index in [4.69, 9.17) is 16.3 Å². The Kier molecular flexibility index (Phi) is 9.19. The smallest absolute Gasteiger partial charge is 0.317 e. The minimum absolute atomic E-state index is 0.127. The van der Waals surface area contributed by atoms with Crippen LogP contribution in [0.2, 0.25) is 5.02 Å². The minimum Gasteiger partial charge on any atom is -0.379 e. The van der Waals surface area contributed by atoms with Crippen LogP contribution in [0, 0.1) is 5.92 Å². The monoisotopic (exact) mass is 486 g/mol. The molecule has 180 valence electrons. The number of amides is 2. The maximum absolute atomic E-state index is 12.9. The molecule has 2 amide bonds. The second-order valence-electron chi connectivity index (χ2n) is 8.32. The SMILES string of the molecule is CCC(CC)[C@H](CNC(=O)N1CCN(S(=O)(=O)c2ccc(Cl)cc2)CC1)N1CCOCC1. The van der Waals surface area contributed by atoms with Crippen LogP contribution in [0.25, 0.3) is 0 Å². The summed E-state index contributed by atoms with van der Waals surface area (Å²) in [7, 11) is -3.59. The normalized spacial score (nSPS) is 19.8. The van der Waals surface area contributed by atoms with E-state index in [1.165, 1.54) is 16.4 Å². The third kappa shape index (κ3) is 6.14. The number of morpholine rings is 1. The van der Waals surface area contributed by atoms with Gasteiger partial charge in [-0.05, 0) is 30.2 Å². The summed E-state index contributed by atoms with van der Waals surface area (Å²) in [4.78, 5) is 17.2. The first-order chi connectivity index (χ1) is 15.4. The Labute approximate surface area is 196 Å². The fraction of sp³-hybridized carbons (Fsp3) is 0.682. The van der Waals surface area contributed by atoms with E-state index in [1.807, 2.05) is 0 Å². The number of hydrogen-bond acceptors (Lipinski definition) is 5. The molecule has 0 bridgehead atoms. The number of urea groups is 1. The largest absolute Gasteiger partial charge is 0.379 e. The van der Waals surface area contributed by atoms with Gasteiger partial charge in [0.15, 0.2) is 0 Å². The first-order valence-electron chi connectivity index (χ1n) is 11.5. The molecule has 10 heteroatoms. The lowest BCUT2D eigenvalue weighted by Crippen LogP contribution is -2.56. The molecule has 0 aromatic heterocycles. The highest BCUT2D eigenvalue weighted by Crippen LogP contribution is 2.21. The van der Waals surface area contributed by atoms with Crippen molar-refractivity contribution in [2.24, 2.45) is 5.92 Å². The lowest BCUT2D eigenvalue weighted by Gasteiger charge is -2.39. The van der Waals surface area contributed by atoms with E-state index < -0.39 is 10.0 Å². The van der Waals surface area contributed by atoms with Crippen LogP contribution in [0.1, 0.15) is 26.7 Å². The lowest BCUT2D eigenvalue weighted by molar-refractivity contribution is 0.00205. The molecule has 32 heavy (non-hydrogen) atoms. The van der Waals surface area contributed by atoms with Crippen LogP contribution >= 0.6 is 11.6 Å². The second-order valence-corrected chi connectivity index (χ2v) is 10.7. The third-order valence-corrected chi connectivity index (χ3v) is 8.71. The van der Waals surface area contributed by atoms with E-state index in [9.17, 15) is 13.2 Å². The average Bonchev–Trinajstić information content (AvgIpc) is 2.82. The van der Waals surface area contributed by atoms with Crippen LogP contribution in [-0.4, -0.2) is 93.6 Å². The van der Waals surface area contributed by atoms with Crippen LogP contribution in [0.4, 0.5) is 4.79 Å². The molecule has 2 fully saturated rings. The maximum atomic E-state index is 12.9. The number of nitrogens with one attached hydrogen (secondary N) is 1. The highest BCUT2D eigenvalue weighted by molar-refractivity contribution is 7.89. The van der Waals surface area contributed by atoms with Crippen molar-refractivity contribution in [2.45, 2.75) is 37.6 Å². The summed E-state index contributed by atoms with van der Waals surface area (Å²) in [6.45, 7) is 9.51. The van der Waals surface area contributed by atoms with E-state index in [-0.39, 0.29) is 30.1 Å². The highest BCUT2D eigenvalue weighted by atomic mass is 35.5. The van der Waals surface area contributed by atoms with E-state index in [2.05, 4.69) is 24.1 Å². The van der Waals surface area contributed by atoms with Gasteiger partial charge in [-0.3, -0.25) is 4.90 Å². The number of carbonyl (C=O) groups excluding carboxylic acids is 1. The average molecular weight is 487 g/mol. The molecule has 0 radical (unpaired) electrons. The molecule has 8 nitrogen and oxygen atoms in total. The molecule has 0 saturated carbocycles. The Morgan fingerprint density at radius 2 is 1.62 bits per heavy atom. The van der Waals surface area contributed by atoms with Crippen molar-refractivity contribution in [3.05, 3.63) is 29.3 Å². The summed E-state index contributed by atoms with van der Waals surface area (Å²) in [6.07, 6.45) is 2.13. The van der Waals surface area contributed by atoms with Gasteiger partial charge in [-0.25, -0.2) is 13.2 Å². The van der Waals surface area contributed by atoms with Gasteiger partial charge in [0.05, 0.1) is 18.1 Å². The van der Waals surface area contributed by atoms with Crippen molar-refractivity contribution >= 4 is 27.7 Å².